The van der Waals surface area contributed by atoms with Crippen LogP contribution in [0, 0.1) is 0 Å². The second-order valence-corrected chi connectivity index (χ2v) is 9.75. The van der Waals surface area contributed by atoms with E-state index < -0.39 is 6.10 Å². The van der Waals surface area contributed by atoms with Gasteiger partial charge in [0.05, 0.1) is 5.56 Å². The van der Waals surface area contributed by atoms with E-state index in [1.165, 1.54) is 19.3 Å². The molecule has 0 bridgehead atoms. The number of aromatic nitrogens is 1. The minimum atomic E-state index is -0.784. The number of methoxy groups -OCH3 is 1. The Morgan fingerprint density at radius 1 is 1.22 bits per heavy atom. The van der Waals surface area contributed by atoms with Crippen LogP contribution in [0.3, 0.4) is 0 Å². The van der Waals surface area contributed by atoms with Gasteiger partial charge in [0.2, 0.25) is 5.88 Å². The molecule has 0 spiro atoms. The van der Waals surface area contributed by atoms with Gasteiger partial charge in [-0.15, -0.1) is 0 Å². The van der Waals surface area contributed by atoms with Gasteiger partial charge >= 0.3 is 5.97 Å². The molecule has 8 heteroatoms. The molecule has 1 saturated carbocycles. The number of nitrogens with zero attached hydrogens (tertiary/aromatic N) is 3. The van der Waals surface area contributed by atoms with E-state index in [0.717, 1.165) is 54.9 Å². The van der Waals surface area contributed by atoms with Crippen LogP contribution in [0.25, 0.3) is 11.3 Å². The molecule has 8 nitrogen and oxygen atoms in total. The lowest BCUT2D eigenvalue weighted by molar-refractivity contribution is -0.147. The van der Waals surface area contributed by atoms with E-state index in [2.05, 4.69) is 22.0 Å². The molecule has 1 N–H and O–H groups in total. The van der Waals surface area contributed by atoms with Crippen molar-refractivity contribution in [1.82, 2.24) is 10.1 Å². The fraction of sp³-hybridized carbons (Fsp3) is 0.643. The van der Waals surface area contributed by atoms with Crippen LogP contribution in [0.1, 0.15) is 63.9 Å². The Bertz CT molecular complexity index is 898. The van der Waals surface area contributed by atoms with Gasteiger partial charge in [-0.1, -0.05) is 61.7 Å². The summed E-state index contributed by atoms with van der Waals surface area (Å²) in [7, 11) is 3.79. The van der Waals surface area contributed by atoms with Crippen molar-refractivity contribution >= 4 is 11.9 Å². The lowest BCUT2D eigenvalue weighted by Crippen LogP contribution is -2.37. The second-order valence-electron chi connectivity index (χ2n) is 9.75. The number of carbonyl (C=O) groups excluding carboxylic acids is 1. The Kier molecular flexibility index (Phi) is 11.7. The molecule has 0 amide bonds. The van der Waals surface area contributed by atoms with E-state index in [-0.39, 0.29) is 12.6 Å². The number of aliphatic hydroxyl groups is 1. The zero-order chi connectivity index (χ0) is 25.8. The number of rotatable bonds is 15. The van der Waals surface area contributed by atoms with Crippen LogP contribution in [-0.4, -0.2) is 73.7 Å². The van der Waals surface area contributed by atoms with Crippen LogP contribution in [0.15, 0.2) is 34.9 Å². The average Bonchev–Trinajstić information content (AvgIpc) is 3.31. The first-order valence-electron chi connectivity index (χ1n) is 13.3. The van der Waals surface area contributed by atoms with E-state index >= 15 is 0 Å². The number of ether oxygens (including phenoxy) is 2. The Balaban J connectivity index is 1.82. The molecule has 1 fully saturated rings. The van der Waals surface area contributed by atoms with E-state index in [1.54, 1.807) is 7.11 Å². The fourth-order valence-electron chi connectivity index (χ4n) is 4.88. The lowest BCUT2D eigenvalue weighted by Gasteiger charge is -2.32. The molecule has 36 heavy (non-hydrogen) atoms. The SMILES string of the molecule is CCCC(=O)OC[C@@H](O)CN(CCCOC)Cc1c(-c2ccccc2)noc1N(C)C1CCCCC1. The van der Waals surface area contributed by atoms with Crippen LogP contribution in [-0.2, 0) is 20.8 Å². The molecular weight excluding hydrogens is 458 g/mol. The molecule has 2 aromatic rings. The lowest BCUT2D eigenvalue weighted by atomic mass is 9.94. The van der Waals surface area contributed by atoms with Crippen molar-refractivity contribution in [3.63, 3.8) is 0 Å². The predicted molar refractivity (Wildman–Crippen MR) is 141 cm³/mol. The fourth-order valence-corrected chi connectivity index (χ4v) is 4.88. The minimum absolute atomic E-state index is 0.0103. The summed E-state index contributed by atoms with van der Waals surface area (Å²) in [4.78, 5) is 16.2. The predicted octanol–water partition coefficient (Wildman–Crippen LogP) is 4.65. The molecule has 200 valence electrons. The summed E-state index contributed by atoms with van der Waals surface area (Å²) in [5.74, 6) is 0.519. The first kappa shape index (κ1) is 28.2. The van der Waals surface area contributed by atoms with Gasteiger partial charge in [-0.3, -0.25) is 9.69 Å². The number of esters is 1. The largest absolute Gasteiger partial charge is 0.463 e. The first-order valence-corrected chi connectivity index (χ1v) is 13.3. The molecule has 3 rings (SSSR count). The molecule has 1 heterocycles. The highest BCUT2D eigenvalue weighted by molar-refractivity contribution is 5.69. The summed E-state index contributed by atoms with van der Waals surface area (Å²) in [6.45, 7) is 4.20. The quantitative estimate of drug-likeness (QED) is 0.279. The highest BCUT2D eigenvalue weighted by Crippen LogP contribution is 2.35. The van der Waals surface area contributed by atoms with Gasteiger partial charge in [0, 0.05) is 58.4 Å². The Hall–Kier alpha value is -2.42. The van der Waals surface area contributed by atoms with E-state index in [1.807, 2.05) is 37.3 Å². The zero-order valence-electron chi connectivity index (χ0n) is 22.2. The highest BCUT2D eigenvalue weighted by atomic mass is 16.5. The maximum Gasteiger partial charge on any atom is 0.305 e. The van der Waals surface area contributed by atoms with Gasteiger partial charge in [0.1, 0.15) is 18.4 Å². The zero-order valence-corrected chi connectivity index (χ0v) is 22.2. The summed E-state index contributed by atoms with van der Waals surface area (Å²) in [6, 6.07) is 10.5. The van der Waals surface area contributed by atoms with Crippen LogP contribution >= 0.6 is 0 Å². The van der Waals surface area contributed by atoms with Crippen molar-refractivity contribution in [1.29, 1.82) is 0 Å². The van der Waals surface area contributed by atoms with Gasteiger partial charge in [-0.25, -0.2) is 0 Å². The maximum absolute atomic E-state index is 11.8. The van der Waals surface area contributed by atoms with Gasteiger partial charge in [-0.2, -0.15) is 0 Å². The van der Waals surface area contributed by atoms with Gasteiger partial charge in [0.25, 0.3) is 0 Å². The van der Waals surface area contributed by atoms with Gasteiger partial charge in [-0.05, 0) is 25.7 Å². The van der Waals surface area contributed by atoms with E-state index in [4.69, 9.17) is 14.0 Å². The molecule has 1 aliphatic carbocycles. The monoisotopic (exact) mass is 501 g/mol. The molecule has 1 aromatic carbocycles. The Morgan fingerprint density at radius 2 is 1.97 bits per heavy atom. The van der Waals surface area contributed by atoms with Crippen LogP contribution in [0.4, 0.5) is 5.88 Å². The first-order chi connectivity index (χ1) is 17.5. The maximum atomic E-state index is 11.8. The second kappa shape index (κ2) is 15.0. The summed E-state index contributed by atoms with van der Waals surface area (Å²) in [6.07, 6.45) is 7.18. The number of anilines is 1. The van der Waals surface area contributed by atoms with E-state index in [9.17, 15) is 9.90 Å². The third-order valence-corrected chi connectivity index (χ3v) is 6.82. The van der Waals surface area contributed by atoms with Crippen LogP contribution < -0.4 is 4.90 Å². The Morgan fingerprint density at radius 3 is 2.67 bits per heavy atom. The number of hydrogen-bond acceptors (Lipinski definition) is 8. The van der Waals surface area contributed by atoms with Gasteiger partial charge in [0.15, 0.2) is 0 Å². The molecular formula is C28H43N3O5. The van der Waals surface area contributed by atoms with Crippen molar-refractivity contribution in [2.45, 2.75) is 77.0 Å². The van der Waals surface area contributed by atoms with Crippen molar-refractivity contribution in [3.05, 3.63) is 35.9 Å². The minimum Gasteiger partial charge on any atom is -0.463 e. The molecule has 1 atom stereocenters. The topological polar surface area (TPSA) is 88.3 Å². The normalized spacial score (nSPS) is 15.2. The summed E-state index contributed by atoms with van der Waals surface area (Å²) < 4.78 is 16.5. The van der Waals surface area contributed by atoms with Crippen molar-refractivity contribution < 1.29 is 23.9 Å². The molecule has 0 radical (unpaired) electrons. The Labute approximate surface area is 215 Å². The summed E-state index contributed by atoms with van der Waals surface area (Å²) in [5.41, 5.74) is 2.85. The number of carbonyl (C=O) groups is 1. The molecule has 0 unspecified atom stereocenters. The third kappa shape index (κ3) is 8.32. The van der Waals surface area contributed by atoms with Crippen LogP contribution in [0.5, 0.6) is 0 Å². The number of aliphatic hydroxyl groups excluding tert-OH is 1. The smallest absolute Gasteiger partial charge is 0.305 e. The third-order valence-electron chi connectivity index (χ3n) is 6.82. The number of benzene rings is 1. The molecule has 0 saturated heterocycles. The van der Waals surface area contributed by atoms with Crippen molar-refractivity contribution in [3.8, 4) is 11.3 Å². The summed E-state index contributed by atoms with van der Waals surface area (Å²) in [5, 5.41) is 15.2. The summed E-state index contributed by atoms with van der Waals surface area (Å²) >= 11 is 0. The molecule has 1 aliphatic rings. The highest BCUT2D eigenvalue weighted by Gasteiger charge is 2.28. The van der Waals surface area contributed by atoms with E-state index in [0.29, 0.717) is 32.2 Å². The van der Waals surface area contributed by atoms with Crippen molar-refractivity contribution in [2.75, 3.05) is 45.4 Å². The van der Waals surface area contributed by atoms with Crippen LogP contribution in [0.2, 0.25) is 0 Å². The molecule has 1 aromatic heterocycles. The standard InChI is InChI=1S/C28H43N3O5/c1-4-12-26(33)35-21-24(32)19-31(17-11-18-34-3)20-25-27(22-13-7-5-8-14-22)29-36-28(25)30(2)23-15-9-6-10-16-23/h5,7-8,13-14,23-24,32H,4,6,9-12,15-21H2,1-3H3/t24-/m0/s1. The van der Waals surface area contributed by atoms with Crippen molar-refractivity contribution in [2.24, 2.45) is 0 Å². The van der Waals surface area contributed by atoms with Gasteiger partial charge < -0.3 is 24.0 Å². The number of hydrogen-bond donors (Lipinski definition) is 1. The average molecular weight is 502 g/mol. The molecule has 0 aliphatic heterocycles.